The van der Waals surface area contributed by atoms with Gasteiger partial charge in [-0.25, -0.2) is 13.9 Å². The van der Waals surface area contributed by atoms with E-state index >= 15 is 0 Å². The SMILES string of the molecule is CC[C@@H](NS(=O)(=O)c1ccc(Br)cc1)C(=O)NO. The molecule has 1 aromatic carbocycles. The Bertz CT molecular complexity index is 515. The number of halogens is 1. The van der Waals surface area contributed by atoms with Crippen LogP contribution in [-0.2, 0) is 14.8 Å². The molecule has 0 bridgehead atoms. The largest absolute Gasteiger partial charge is 0.289 e. The fourth-order valence-corrected chi connectivity index (χ4v) is 2.81. The molecule has 1 atom stereocenters. The normalized spacial score (nSPS) is 13.1. The van der Waals surface area contributed by atoms with Crippen LogP contribution in [0.2, 0.25) is 0 Å². The highest BCUT2D eigenvalue weighted by atomic mass is 79.9. The lowest BCUT2D eigenvalue weighted by atomic mass is 10.2. The Balaban J connectivity index is 2.94. The van der Waals surface area contributed by atoms with Crippen molar-refractivity contribution in [2.45, 2.75) is 24.3 Å². The summed E-state index contributed by atoms with van der Waals surface area (Å²) in [5.41, 5.74) is 1.43. The van der Waals surface area contributed by atoms with Gasteiger partial charge in [-0.05, 0) is 30.7 Å². The van der Waals surface area contributed by atoms with Gasteiger partial charge in [0, 0.05) is 4.47 Å². The molecular weight excluding hydrogens is 324 g/mol. The van der Waals surface area contributed by atoms with Crippen molar-refractivity contribution in [3.63, 3.8) is 0 Å². The average Bonchev–Trinajstić information content (AvgIpc) is 2.35. The number of carbonyl (C=O) groups excluding carboxylic acids is 1. The topological polar surface area (TPSA) is 95.5 Å². The first kappa shape index (κ1) is 15.1. The predicted molar refractivity (Wildman–Crippen MR) is 68.5 cm³/mol. The van der Waals surface area contributed by atoms with Crippen molar-refractivity contribution in [2.24, 2.45) is 0 Å². The van der Waals surface area contributed by atoms with E-state index in [0.717, 1.165) is 4.47 Å². The molecule has 0 saturated heterocycles. The first-order valence-electron chi connectivity index (χ1n) is 5.12. The molecule has 0 fully saturated rings. The highest BCUT2D eigenvalue weighted by Crippen LogP contribution is 2.15. The number of amides is 1. The second kappa shape index (κ2) is 6.28. The minimum Gasteiger partial charge on any atom is -0.289 e. The summed E-state index contributed by atoms with van der Waals surface area (Å²) in [6.07, 6.45) is 0.224. The molecule has 0 aliphatic carbocycles. The van der Waals surface area contributed by atoms with Crippen molar-refractivity contribution >= 4 is 31.9 Å². The van der Waals surface area contributed by atoms with E-state index in [9.17, 15) is 13.2 Å². The first-order valence-corrected chi connectivity index (χ1v) is 7.40. The molecule has 0 aromatic heterocycles. The van der Waals surface area contributed by atoms with Gasteiger partial charge < -0.3 is 0 Å². The van der Waals surface area contributed by atoms with Crippen LogP contribution in [0.15, 0.2) is 33.6 Å². The third-order valence-electron chi connectivity index (χ3n) is 2.26. The lowest BCUT2D eigenvalue weighted by molar-refractivity contribution is -0.131. The molecule has 1 amide bonds. The van der Waals surface area contributed by atoms with Crippen molar-refractivity contribution in [1.82, 2.24) is 10.2 Å². The molecule has 0 saturated carbocycles. The Morgan fingerprint density at radius 3 is 2.39 bits per heavy atom. The maximum atomic E-state index is 11.9. The van der Waals surface area contributed by atoms with E-state index in [1.165, 1.54) is 17.6 Å². The van der Waals surface area contributed by atoms with Crippen molar-refractivity contribution < 1.29 is 18.4 Å². The van der Waals surface area contributed by atoms with Crippen LogP contribution in [0.4, 0.5) is 0 Å². The second-order valence-corrected chi connectivity index (χ2v) is 6.14. The number of benzene rings is 1. The zero-order valence-electron chi connectivity index (χ0n) is 9.55. The van der Waals surface area contributed by atoms with E-state index in [0.29, 0.717) is 0 Å². The summed E-state index contributed by atoms with van der Waals surface area (Å²) in [5.74, 6) is -0.793. The summed E-state index contributed by atoms with van der Waals surface area (Å²) in [4.78, 5) is 11.3. The minimum absolute atomic E-state index is 0.0508. The number of nitrogens with one attached hydrogen (secondary N) is 2. The van der Waals surface area contributed by atoms with Crippen LogP contribution in [0.1, 0.15) is 13.3 Å². The smallest absolute Gasteiger partial charge is 0.261 e. The lowest BCUT2D eigenvalue weighted by Gasteiger charge is -2.14. The van der Waals surface area contributed by atoms with Crippen molar-refractivity contribution in [2.75, 3.05) is 0 Å². The van der Waals surface area contributed by atoms with E-state index < -0.39 is 22.0 Å². The second-order valence-electron chi connectivity index (χ2n) is 3.51. The van der Waals surface area contributed by atoms with E-state index in [1.807, 2.05) is 0 Å². The van der Waals surface area contributed by atoms with Gasteiger partial charge in [0.1, 0.15) is 6.04 Å². The molecule has 100 valence electrons. The van der Waals surface area contributed by atoms with Gasteiger partial charge in [0.15, 0.2) is 0 Å². The average molecular weight is 337 g/mol. The Labute approximate surface area is 114 Å². The van der Waals surface area contributed by atoms with E-state index in [4.69, 9.17) is 5.21 Å². The molecule has 0 radical (unpaired) electrons. The summed E-state index contributed by atoms with van der Waals surface area (Å²) in [6.45, 7) is 1.63. The molecule has 0 unspecified atom stereocenters. The van der Waals surface area contributed by atoms with Gasteiger partial charge in [0.05, 0.1) is 4.90 Å². The molecule has 0 heterocycles. The van der Waals surface area contributed by atoms with Crippen LogP contribution in [0.25, 0.3) is 0 Å². The van der Waals surface area contributed by atoms with Gasteiger partial charge in [-0.2, -0.15) is 4.72 Å². The molecule has 0 aliphatic rings. The molecule has 1 aromatic rings. The molecular formula is C10H13BrN2O4S. The lowest BCUT2D eigenvalue weighted by Crippen LogP contribution is -2.45. The van der Waals surface area contributed by atoms with Crippen LogP contribution in [-0.4, -0.2) is 25.6 Å². The summed E-state index contributed by atoms with van der Waals surface area (Å²) in [7, 11) is -3.79. The van der Waals surface area contributed by atoms with Gasteiger partial charge in [0.25, 0.3) is 5.91 Å². The van der Waals surface area contributed by atoms with Crippen LogP contribution in [0, 0.1) is 0 Å². The fourth-order valence-electron chi connectivity index (χ4n) is 1.27. The fraction of sp³-hybridized carbons (Fsp3) is 0.300. The van der Waals surface area contributed by atoms with Crippen LogP contribution < -0.4 is 10.2 Å². The summed E-state index contributed by atoms with van der Waals surface area (Å²) in [5, 5.41) is 8.50. The number of hydrogen-bond donors (Lipinski definition) is 3. The van der Waals surface area contributed by atoms with Crippen molar-refractivity contribution in [3.8, 4) is 0 Å². The zero-order valence-corrected chi connectivity index (χ0v) is 12.0. The first-order chi connectivity index (χ1) is 8.40. The number of rotatable bonds is 5. The van der Waals surface area contributed by atoms with Gasteiger partial charge in [-0.15, -0.1) is 0 Å². The summed E-state index contributed by atoms with van der Waals surface area (Å²) >= 11 is 3.20. The van der Waals surface area contributed by atoms with E-state index in [2.05, 4.69) is 20.7 Å². The number of hydroxylamine groups is 1. The zero-order chi connectivity index (χ0) is 13.8. The molecule has 3 N–H and O–H groups in total. The minimum atomic E-state index is -3.79. The molecule has 0 aliphatic heterocycles. The number of hydrogen-bond acceptors (Lipinski definition) is 4. The summed E-state index contributed by atoms with van der Waals surface area (Å²) in [6, 6.07) is 4.98. The number of carbonyl (C=O) groups is 1. The van der Waals surface area contributed by atoms with E-state index in [1.54, 1.807) is 19.1 Å². The summed E-state index contributed by atoms with van der Waals surface area (Å²) < 4.78 is 26.9. The Kier molecular flexibility index (Phi) is 5.27. The maximum absolute atomic E-state index is 11.9. The Morgan fingerprint density at radius 1 is 1.39 bits per heavy atom. The quantitative estimate of drug-likeness (QED) is 0.552. The van der Waals surface area contributed by atoms with Crippen molar-refractivity contribution in [1.29, 1.82) is 0 Å². The van der Waals surface area contributed by atoms with Gasteiger partial charge in [-0.3, -0.25) is 10.0 Å². The maximum Gasteiger partial charge on any atom is 0.261 e. The molecule has 18 heavy (non-hydrogen) atoms. The Hall–Kier alpha value is -0.960. The van der Waals surface area contributed by atoms with Gasteiger partial charge >= 0.3 is 0 Å². The van der Waals surface area contributed by atoms with Gasteiger partial charge in [0.2, 0.25) is 10.0 Å². The predicted octanol–water partition coefficient (Wildman–Crippen LogP) is 1.01. The molecule has 8 heteroatoms. The van der Waals surface area contributed by atoms with Crippen LogP contribution >= 0.6 is 15.9 Å². The third-order valence-corrected chi connectivity index (χ3v) is 4.27. The highest BCUT2D eigenvalue weighted by molar-refractivity contribution is 9.10. The molecule has 0 spiro atoms. The molecule has 6 nitrogen and oxygen atoms in total. The Morgan fingerprint density at radius 2 is 1.94 bits per heavy atom. The monoisotopic (exact) mass is 336 g/mol. The third kappa shape index (κ3) is 3.77. The van der Waals surface area contributed by atoms with Gasteiger partial charge in [-0.1, -0.05) is 22.9 Å². The van der Waals surface area contributed by atoms with Crippen LogP contribution in [0.3, 0.4) is 0 Å². The van der Waals surface area contributed by atoms with E-state index in [-0.39, 0.29) is 11.3 Å². The van der Waals surface area contributed by atoms with Crippen molar-refractivity contribution in [3.05, 3.63) is 28.7 Å². The molecule has 1 rings (SSSR count). The number of sulfonamides is 1. The van der Waals surface area contributed by atoms with Crippen LogP contribution in [0.5, 0.6) is 0 Å². The highest BCUT2D eigenvalue weighted by Gasteiger charge is 2.23. The standard InChI is InChI=1S/C10H13BrN2O4S/c1-2-9(10(14)12-15)13-18(16,17)8-5-3-7(11)4-6-8/h3-6,9,13,15H,2H2,1H3,(H,12,14)/t9-/m1/s1.